The molecule has 9 heterocycles. The number of aromatic nitrogens is 8. The Morgan fingerprint density at radius 1 is 0.723 bits per heavy atom. The molecule has 0 aromatic carbocycles. The first kappa shape index (κ1) is 78.5. The van der Waals surface area contributed by atoms with E-state index in [1.807, 2.05) is 157 Å². The molecule has 4 N–H and O–H groups in total. The largest absolute Gasteiger partial charge is 0.466 e. The number of pyridine rings is 5. The lowest BCUT2D eigenvalue weighted by molar-refractivity contribution is -0.147. The monoisotopic (exact) mass is 1370 g/mol. The molecule has 27 heteroatoms. The number of nitriles is 1. The molecule has 4 atom stereocenters. The van der Waals surface area contributed by atoms with Gasteiger partial charge in [-0.2, -0.15) is 5.26 Å². The number of imidazole rings is 3. The van der Waals surface area contributed by atoms with Crippen LogP contribution in [0.1, 0.15) is 150 Å². The lowest BCUT2D eigenvalue weighted by Crippen LogP contribution is -2.40. The number of hydrogen-bond acceptors (Lipinski definition) is 19. The van der Waals surface area contributed by atoms with E-state index >= 15 is 0 Å². The molecule has 94 heavy (non-hydrogen) atoms. The highest BCUT2D eigenvalue weighted by Gasteiger charge is 2.32. The summed E-state index contributed by atoms with van der Waals surface area (Å²) in [4.78, 5) is 114. The number of carbonyl (C=O) groups excluding carboxylic acids is 8. The molecule has 1 fully saturated rings. The Hall–Kier alpha value is -9.76. The fourth-order valence-electron chi connectivity index (χ4n) is 8.75. The summed E-state index contributed by atoms with van der Waals surface area (Å²) in [5.41, 5.74) is 12.9. The van der Waals surface area contributed by atoms with E-state index in [1.165, 1.54) is 0 Å². The van der Waals surface area contributed by atoms with Gasteiger partial charge in [-0.3, -0.25) is 53.6 Å². The summed E-state index contributed by atoms with van der Waals surface area (Å²) < 4.78 is 24.9. The number of imide groups is 1. The summed E-state index contributed by atoms with van der Waals surface area (Å²) in [7, 11) is 0. The van der Waals surface area contributed by atoms with Crippen LogP contribution in [0.2, 0.25) is 0 Å². The van der Waals surface area contributed by atoms with Gasteiger partial charge in [0.2, 0.25) is 29.5 Å². The summed E-state index contributed by atoms with van der Waals surface area (Å²) in [6.45, 7) is 24.9. The number of nitrogens with one attached hydrogen (secondary N) is 2. The van der Waals surface area contributed by atoms with Crippen LogP contribution in [-0.2, 0) is 63.7 Å². The molecule has 1 aliphatic heterocycles. The fraction of sp³-hybridized carbons (Fsp3) is 0.388. The third kappa shape index (κ3) is 26.8. The number of hydrogen-bond donors (Lipinski definition) is 3. The molecule has 8 aromatic heterocycles. The van der Waals surface area contributed by atoms with Crippen LogP contribution in [0.5, 0.6) is 0 Å². The van der Waals surface area contributed by atoms with E-state index in [0.717, 1.165) is 56.2 Å². The SMILES string of the molecule is CC(N)c1ccccn1.CCOC(=O)CC(=O)Cl.CCOC(=O)CC(=O)NC(C)c1ccccn1.CCOC(=O)Cc1nc(C)c2ccccn12.Cc1nc(C2CCC(=O)NC2=O)n2ccccc12.N#CCCBr.[C-]#[N+]CCC(C(=O)OCC)c1nc(C)c2ccccn12. The first-order chi connectivity index (χ1) is 45.1. The quantitative estimate of drug-likeness (QED) is 0.0129. The smallest absolute Gasteiger partial charge is 0.316 e. The zero-order chi connectivity index (χ0) is 69.5. The number of carbonyl (C=O) groups is 8. The van der Waals surface area contributed by atoms with Crippen molar-refractivity contribution in [1.82, 2.24) is 48.8 Å². The summed E-state index contributed by atoms with van der Waals surface area (Å²) in [5.74, 6) is -1.18. The number of alkyl halides is 1. The van der Waals surface area contributed by atoms with Crippen molar-refractivity contribution < 1.29 is 57.3 Å². The van der Waals surface area contributed by atoms with Crippen molar-refractivity contribution in [2.24, 2.45) is 5.73 Å². The normalized spacial score (nSPS) is 12.8. The Kier molecular flexibility index (Phi) is 36.0. The molecule has 0 radical (unpaired) electrons. The Bertz CT molecular complexity index is 3810. The van der Waals surface area contributed by atoms with Crippen molar-refractivity contribution in [3.63, 3.8) is 0 Å². The number of esters is 4. The second-order valence-electron chi connectivity index (χ2n) is 20.1. The van der Waals surface area contributed by atoms with E-state index in [2.05, 4.69) is 65.8 Å². The van der Waals surface area contributed by atoms with Gasteiger partial charge in [0.1, 0.15) is 42.7 Å². The van der Waals surface area contributed by atoms with Gasteiger partial charge in [0, 0.05) is 61.6 Å². The standard InChI is InChI=1S/C15H17N3O2.C13H13N3O2.C12H16N2O3.C12H14N2O2.C7H10N2.C5H7ClO3.C3H4BrN/c1-4-20-15(19)12(8-9-16-3)14-17-11(2)13-7-5-6-10-18(13)14;1-8-10-4-2-3-7-16(10)12(14-8)9-5-6-11(17)15-13(9)18;1-3-17-12(16)8-11(15)14-9(2)10-6-4-5-7-13-10;1-3-16-12(15)8-11-13-9(2)10-6-4-5-7-14(10)11;1-6(8)7-4-2-3-5-9-7;1-2-9-5(8)3-4(6)7;4-2-1-3-5/h5-7,10,12H,4,8-9H2,1-2H3;2-4,7,9H,5-6H2,1H3,(H,15,17,18);4-7,9H,3,8H2,1-2H3,(H,14,15);4-7H,3,8H2,1-2H3;2-6H,8H2,1H3;2-3H2,1H3;1-2H2. The molecule has 4 unspecified atom stereocenters. The lowest BCUT2D eigenvalue weighted by Gasteiger charge is -2.19. The zero-order valence-electron chi connectivity index (χ0n) is 54.3. The minimum atomic E-state index is -0.687. The zero-order valence-corrected chi connectivity index (χ0v) is 56.6. The third-order valence-corrected chi connectivity index (χ3v) is 13.5. The van der Waals surface area contributed by atoms with E-state index in [1.54, 1.807) is 46.2 Å². The van der Waals surface area contributed by atoms with Crippen LogP contribution in [-0.4, -0.2) is 123 Å². The van der Waals surface area contributed by atoms with Gasteiger partial charge in [0.05, 0.1) is 89.5 Å². The number of piperidine rings is 1. The van der Waals surface area contributed by atoms with Gasteiger partial charge in [-0.25, -0.2) is 21.5 Å². The van der Waals surface area contributed by atoms with Crippen LogP contribution in [0.4, 0.5) is 0 Å². The minimum Gasteiger partial charge on any atom is -0.466 e. The molecule has 0 spiro atoms. The average molecular weight is 1380 g/mol. The van der Waals surface area contributed by atoms with Gasteiger partial charge >= 0.3 is 23.9 Å². The van der Waals surface area contributed by atoms with E-state index in [0.29, 0.717) is 50.5 Å². The molecule has 0 aliphatic carbocycles. The molecule has 25 nitrogen and oxygen atoms in total. The highest BCUT2D eigenvalue weighted by Crippen LogP contribution is 2.27. The van der Waals surface area contributed by atoms with Gasteiger partial charge in [-0.1, -0.05) is 46.3 Å². The van der Waals surface area contributed by atoms with Crippen LogP contribution in [0.3, 0.4) is 0 Å². The van der Waals surface area contributed by atoms with Crippen LogP contribution >= 0.6 is 27.5 Å². The number of amides is 3. The second kappa shape index (κ2) is 43.1. The van der Waals surface area contributed by atoms with Crippen molar-refractivity contribution in [1.29, 1.82) is 5.26 Å². The second-order valence-corrected chi connectivity index (χ2v) is 21.3. The first-order valence-corrected chi connectivity index (χ1v) is 31.7. The number of nitrogens with zero attached hydrogens (tertiary/aromatic N) is 10. The predicted molar refractivity (Wildman–Crippen MR) is 356 cm³/mol. The molecule has 1 saturated heterocycles. The Morgan fingerprint density at radius 2 is 1.23 bits per heavy atom. The van der Waals surface area contributed by atoms with Gasteiger partial charge in [-0.15, -0.1) is 0 Å². The third-order valence-electron chi connectivity index (χ3n) is 13.0. The molecule has 8 aromatic rings. The van der Waals surface area contributed by atoms with Gasteiger partial charge < -0.3 is 48.0 Å². The molecule has 0 bridgehead atoms. The van der Waals surface area contributed by atoms with Crippen LogP contribution in [0.25, 0.3) is 21.4 Å². The molecule has 0 saturated carbocycles. The van der Waals surface area contributed by atoms with Crippen LogP contribution < -0.4 is 16.4 Å². The van der Waals surface area contributed by atoms with Crippen LogP contribution in [0, 0.1) is 38.7 Å². The number of halogens is 2. The van der Waals surface area contributed by atoms with E-state index < -0.39 is 23.1 Å². The molecular formula is C67H81BrClN13O12. The topological polar surface area (TPSA) is 329 Å². The Balaban J connectivity index is 0.000000295. The number of fused-ring (bicyclic) bond motifs is 3. The van der Waals surface area contributed by atoms with Crippen molar-refractivity contribution in [3.05, 3.63) is 179 Å². The van der Waals surface area contributed by atoms with E-state index in [-0.39, 0.29) is 86.7 Å². The fourth-order valence-corrected chi connectivity index (χ4v) is 9.04. The number of nitrogens with two attached hydrogens (primary N) is 1. The number of aryl methyl sites for hydroxylation is 3. The Morgan fingerprint density at radius 3 is 1.73 bits per heavy atom. The predicted octanol–water partition coefficient (Wildman–Crippen LogP) is 9.82. The summed E-state index contributed by atoms with van der Waals surface area (Å²) in [6.07, 6.45) is 10.6. The number of ether oxygens (including phenoxy) is 4. The molecule has 500 valence electrons. The van der Waals surface area contributed by atoms with Crippen LogP contribution in [0.15, 0.2) is 122 Å². The summed E-state index contributed by atoms with van der Waals surface area (Å²) in [6, 6.07) is 30.5. The Labute approximate surface area is 560 Å². The minimum absolute atomic E-state index is 0.0474. The maximum absolute atomic E-state index is 12.1. The molecule has 3 amide bonds. The summed E-state index contributed by atoms with van der Waals surface area (Å²) in [5, 5.41) is 12.9. The van der Waals surface area contributed by atoms with Gasteiger partial charge in [0.15, 0.2) is 0 Å². The maximum Gasteiger partial charge on any atom is 0.316 e. The average Bonchev–Trinajstić information content (AvgIpc) is 1.65. The van der Waals surface area contributed by atoms with Crippen molar-refractivity contribution in [2.45, 2.75) is 131 Å². The molecule has 9 rings (SSSR count). The van der Waals surface area contributed by atoms with Crippen molar-refractivity contribution in [3.8, 4) is 6.07 Å². The van der Waals surface area contributed by atoms with Crippen molar-refractivity contribution >= 4 is 90.9 Å². The highest BCUT2D eigenvalue weighted by atomic mass is 79.9. The number of rotatable bonds is 19. The van der Waals surface area contributed by atoms with Gasteiger partial charge in [-0.05, 0) is 141 Å². The first-order valence-electron chi connectivity index (χ1n) is 30.2. The summed E-state index contributed by atoms with van der Waals surface area (Å²) >= 11 is 7.96. The highest BCUT2D eigenvalue weighted by molar-refractivity contribution is 9.09. The molecular weight excluding hydrogens is 1290 g/mol. The van der Waals surface area contributed by atoms with E-state index in [9.17, 15) is 38.4 Å². The molecule has 1 aliphatic rings. The maximum atomic E-state index is 12.1. The van der Waals surface area contributed by atoms with Gasteiger partial charge in [0.25, 0.3) is 0 Å². The lowest BCUT2D eigenvalue weighted by atomic mass is 9.97. The van der Waals surface area contributed by atoms with E-state index in [4.69, 9.17) is 38.6 Å². The van der Waals surface area contributed by atoms with Crippen molar-refractivity contribution in [2.75, 3.05) is 38.3 Å².